The zero-order valence-corrected chi connectivity index (χ0v) is 10.2. The monoisotopic (exact) mass is 275 g/mol. The minimum absolute atomic E-state index is 0.0565. The van der Waals surface area contributed by atoms with Crippen LogP contribution in [0.25, 0.3) is 0 Å². The molecule has 0 radical (unpaired) electrons. The molecular formula is C11H11ClFNO4. The van der Waals surface area contributed by atoms with Gasteiger partial charge in [-0.2, -0.15) is 0 Å². The molecule has 98 valence electrons. The summed E-state index contributed by atoms with van der Waals surface area (Å²) in [5.74, 6) is -2.26. The number of hydrogen-bond donors (Lipinski definition) is 2. The van der Waals surface area contributed by atoms with Crippen molar-refractivity contribution in [3.05, 3.63) is 29.0 Å². The quantitative estimate of drug-likeness (QED) is 0.853. The summed E-state index contributed by atoms with van der Waals surface area (Å²) >= 11 is 5.48. The van der Waals surface area contributed by atoms with Crippen molar-refractivity contribution in [2.45, 2.75) is 13.0 Å². The lowest BCUT2D eigenvalue weighted by molar-refractivity contribution is -0.142. The highest BCUT2D eigenvalue weighted by molar-refractivity contribution is 6.30. The topological polar surface area (TPSA) is 75.6 Å². The number of carbonyl (C=O) groups is 2. The zero-order valence-electron chi connectivity index (χ0n) is 9.44. The summed E-state index contributed by atoms with van der Waals surface area (Å²) < 4.78 is 18.1. The molecule has 2 N–H and O–H groups in total. The fraction of sp³-hybridized carbons (Fsp3) is 0.273. The average molecular weight is 276 g/mol. The van der Waals surface area contributed by atoms with E-state index < -0.39 is 23.7 Å². The predicted octanol–water partition coefficient (Wildman–Crippen LogP) is 1.45. The number of amides is 1. The largest absolute Gasteiger partial charge is 0.491 e. The second kappa shape index (κ2) is 6.20. The third-order valence-electron chi connectivity index (χ3n) is 1.98. The molecule has 0 aromatic heterocycles. The lowest BCUT2D eigenvalue weighted by atomic mass is 10.3. The SMILES string of the molecule is CC(=O)NC(COc1ccc(Cl)c(F)c1)C(=O)O. The molecule has 7 heteroatoms. The van der Waals surface area contributed by atoms with Crippen LogP contribution in [0.5, 0.6) is 5.75 Å². The molecule has 0 aliphatic carbocycles. The van der Waals surface area contributed by atoms with E-state index in [4.69, 9.17) is 21.4 Å². The van der Waals surface area contributed by atoms with Gasteiger partial charge in [0.1, 0.15) is 18.2 Å². The molecule has 1 rings (SSSR count). The molecule has 0 fully saturated rings. The second-order valence-corrected chi connectivity index (χ2v) is 3.89. The molecular weight excluding hydrogens is 265 g/mol. The third-order valence-corrected chi connectivity index (χ3v) is 2.29. The zero-order chi connectivity index (χ0) is 13.7. The molecule has 0 bridgehead atoms. The molecule has 0 saturated carbocycles. The van der Waals surface area contributed by atoms with Gasteiger partial charge in [0.15, 0.2) is 6.04 Å². The van der Waals surface area contributed by atoms with E-state index in [-0.39, 0.29) is 17.4 Å². The van der Waals surface area contributed by atoms with E-state index in [1.54, 1.807) is 0 Å². The van der Waals surface area contributed by atoms with Crippen LogP contribution in [-0.4, -0.2) is 29.6 Å². The minimum atomic E-state index is -1.24. The number of hydrogen-bond acceptors (Lipinski definition) is 3. The van der Waals surface area contributed by atoms with E-state index in [9.17, 15) is 14.0 Å². The highest BCUT2D eigenvalue weighted by Gasteiger charge is 2.19. The summed E-state index contributed by atoms with van der Waals surface area (Å²) in [4.78, 5) is 21.5. The van der Waals surface area contributed by atoms with Gasteiger partial charge in [0.25, 0.3) is 0 Å². The van der Waals surface area contributed by atoms with Gasteiger partial charge in [0, 0.05) is 13.0 Å². The first-order valence-electron chi connectivity index (χ1n) is 4.98. The van der Waals surface area contributed by atoms with Crippen LogP contribution >= 0.6 is 11.6 Å². The Morgan fingerprint density at radius 3 is 2.72 bits per heavy atom. The maximum atomic E-state index is 13.1. The van der Waals surface area contributed by atoms with Gasteiger partial charge in [-0.1, -0.05) is 11.6 Å². The Labute approximate surface area is 108 Å². The molecule has 1 aromatic rings. The van der Waals surface area contributed by atoms with Gasteiger partial charge in [0.2, 0.25) is 5.91 Å². The van der Waals surface area contributed by atoms with Crippen LogP contribution in [0.1, 0.15) is 6.92 Å². The van der Waals surface area contributed by atoms with Gasteiger partial charge in [0.05, 0.1) is 5.02 Å². The van der Waals surface area contributed by atoms with Crippen molar-refractivity contribution in [2.75, 3.05) is 6.61 Å². The maximum Gasteiger partial charge on any atom is 0.329 e. The van der Waals surface area contributed by atoms with E-state index in [1.807, 2.05) is 0 Å². The summed E-state index contributed by atoms with van der Waals surface area (Å²) in [6, 6.07) is 2.54. The molecule has 0 spiro atoms. The van der Waals surface area contributed by atoms with Crippen molar-refractivity contribution >= 4 is 23.5 Å². The highest BCUT2D eigenvalue weighted by Crippen LogP contribution is 2.20. The van der Waals surface area contributed by atoms with Crippen LogP contribution in [0.15, 0.2) is 18.2 Å². The summed E-state index contributed by atoms with van der Waals surface area (Å²) in [6.07, 6.45) is 0. The Kier molecular flexibility index (Phi) is 4.91. The molecule has 1 aromatic carbocycles. The molecule has 18 heavy (non-hydrogen) atoms. The van der Waals surface area contributed by atoms with Crippen molar-refractivity contribution in [1.82, 2.24) is 5.32 Å². The Bertz CT molecular complexity index is 466. The van der Waals surface area contributed by atoms with Gasteiger partial charge >= 0.3 is 5.97 Å². The van der Waals surface area contributed by atoms with Crippen LogP contribution in [0.2, 0.25) is 5.02 Å². The molecule has 0 saturated heterocycles. The van der Waals surface area contributed by atoms with Crippen LogP contribution < -0.4 is 10.1 Å². The number of carboxylic acids is 1. The van der Waals surface area contributed by atoms with Gasteiger partial charge in [-0.15, -0.1) is 0 Å². The third kappa shape index (κ3) is 4.21. The molecule has 1 atom stereocenters. The molecule has 0 aliphatic rings. The molecule has 5 nitrogen and oxygen atoms in total. The summed E-state index contributed by atoms with van der Waals surface area (Å²) in [5.41, 5.74) is 0. The lowest BCUT2D eigenvalue weighted by Crippen LogP contribution is -2.43. The normalized spacial score (nSPS) is 11.7. The molecule has 1 unspecified atom stereocenters. The first-order chi connectivity index (χ1) is 8.40. The standard InChI is InChI=1S/C11H11ClFNO4/c1-6(15)14-10(11(16)17)5-18-7-2-3-8(12)9(13)4-7/h2-4,10H,5H2,1H3,(H,14,15)(H,16,17). The van der Waals surface area contributed by atoms with Crippen molar-refractivity contribution < 1.29 is 23.8 Å². The smallest absolute Gasteiger partial charge is 0.329 e. The minimum Gasteiger partial charge on any atom is -0.491 e. The average Bonchev–Trinajstić information content (AvgIpc) is 2.28. The molecule has 0 aliphatic heterocycles. The maximum absolute atomic E-state index is 13.1. The van der Waals surface area contributed by atoms with Gasteiger partial charge in [-0.05, 0) is 12.1 Å². The number of aliphatic carboxylic acids is 1. The first kappa shape index (κ1) is 14.2. The Hall–Kier alpha value is -1.82. The number of benzene rings is 1. The Balaban J connectivity index is 2.64. The lowest BCUT2D eigenvalue weighted by Gasteiger charge is -2.14. The van der Waals surface area contributed by atoms with E-state index in [0.717, 1.165) is 6.07 Å². The molecule has 1 amide bonds. The van der Waals surface area contributed by atoms with Crippen molar-refractivity contribution in [2.24, 2.45) is 0 Å². The number of nitrogens with one attached hydrogen (secondary N) is 1. The van der Waals surface area contributed by atoms with Gasteiger partial charge in [-0.3, -0.25) is 4.79 Å². The van der Waals surface area contributed by atoms with Gasteiger partial charge < -0.3 is 15.2 Å². The van der Waals surface area contributed by atoms with Crippen LogP contribution in [0.3, 0.4) is 0 Å². The number of halogens is 2. The fourth-order valence-electron chi connectivity index (χ4n) is 1.17. The van der Waals surface area contributed by atoms with Crippen molar-refractivity contribution in [3.8, 4) is 5.75 Å². The van der Waals surface area contributed by atoms with E-state index in [0.29, 0.717) is 0 Å². The second-order valence-electron chi connectivity index (χ2n) is 3.48. The predicted molar refractivity (Wildman–Crippen MR) is 62.1 cm³/mol. The highest BCUT2D eigenvalue weighted by atomic mass is 35.5. The van der Waals surface area contributed by atoms with Crippen LogP contribution in [0, 0.1) is 5.82 Å². The Morgan fingerprint density at radius 1 is 1.56 bits per heavy atom. The van der Waals surface area contributed by atoms with E-state index >= 15 is 0 Å². The van der Waals surface area contributed by atoms with Gasteiger partial charge in [-0.25, -0.2) is 9.18 Å². The Morgan fingerprint density at radius 2 is 2.22 bits per heavy atom. The number of ether oxygens (including phenoxy) is 1. The summed E-state index contributed by atoms with van der Waals surface area (Å²) in [5, 5.41) is 10.9. The summed E-state index contributed by atoms with van der Waals surface area (Å²) in [6.45, 7) is 0.883. The van der Waals surface area contributed by atoms with Crippen LogP contribution in [-0.2, 0) is 9.59 Å². The van der Waals surface area contributed by atoms with Crippen molar-refractivity contribution in [3.63, 3.8) is 0 Å². The number of rotatable bonds is 5. The van der Waals surface area contributed by atoms with Crippen LogP contribution in [0.4, 0.5) is 4.39 Å². The fourth-order valence-corrected chi connectivity index (χ4v) is 1.28. The van der Waals surface area contributed by atoms with Crippen molar-refractivity contribution in [1.29, 1.82) is 0 Å². The number of carbonyl (C=O) groups excluding carboxylic acids is 1. The van der Waals surface area contributed by atoms with E-state index in [1.165, 1.54) is 19.1 Å². The molecule has 0 heterocycles. The first-order valence-corrected chi connectivity index (χ1v) is 5.35. The van der Waals surface area contributed by atoms with E-state index in [2.05, 4.69) is 5.32 Å². The number of carboxylic acid groups (broad SMARTS) is 1. The summed E-state index contributed by atoms with van der Waals surface area (Å²) in [7, 11) is 0.